The van der Waals surface area contributed by atoms with Crippen molar-refractivity contribution in [2.45, 2.75) is 18.9 Å². The quantitative estimate of drug-likeness (QED) is 0.799. The summed E-state index contributed by atoms with van der Waals surface area (Å²) in [6, 6.07) is 11.8. The molecule has 4 heteroatoms. The van der Waals surface area contributed by atoms with E-state index in [1.165, 1.54) is 29.4 Å². The number of esters is 1. The molecule has 1 aliphatic heterocycles. The Labute approximate surface area is 129 Å². The summed E-state index contributed by atoms with van der Waals surface area (Å²) in [4.78, 5) is 14.3. The maximum Gasteiger partial charge on any atom is 0.328 e. The fraction of sp³-hybridized carbons (Fsp3) is 0.278. The zero-order chi connectivity index (χ0) is 15.1. The Morgan fingerprint density at radius 3 is 2.91 bits per heavy atom. The van der Waals surface area contributed by atoms with Crippen LogP contribution in [0.3, 0.4) is 0 Å². The molecule has 0 fully saturated rings. The van der Waals surface area contributed by atoms with E-state index in [1.807, 2.05) is 17.0 Å². The smallest absolute Gasteiger partial charge is 0.328 e. The van der Waals surface area contributed by atoms with Gasteiger partial charge in [0.25, 0.3) is 0 Å². The number of furan rings is 1. The normalized spacial score (nSPS) is 19.9. The van der Waals surface area contributed by atoms with Crippen molar-refractivity contribution in [2.75, 3.05) is 18.6 Å². The van der Waals surface area contributed by atoms with Gasteiger partial charge in [0.1, 0.15) is 6.04 Å². The minimum Gasteiger partial charge on any atom is -0.467 e. The first-order chi connectivity index (χ1) is 10.8. The lowest BCUT2D eigenvalue weighted by atomic mass is 9.93. The molecule has 112 valence electrons. The zero-order valence-electron chi connectivity index (χ0n) is 12.4. The van der Waals surface area contributed by atoms with Crippen molar-refractivity contribution in [1.82, 2.24) is 0 Å². The molecule has 0 bridgehead atoms. The van der Waals surface area contributed by atoms with Crippen molar-refractivity contribution in [2.24, 2.45) is 0 Å². The molecule has 1 unspecified atom stereocenters. The predicted octanol–water partition coefficient (Wildman–Crippen LogP) is 3.04. The topological polar surface area (TPSA) is 42.7 Å². The summed E-state index contributed by atoms with van der Waals surface area (Å²) in [6.07, 6.45) is 3.26. The first-order valence-corrected chi connectivity index (χ1v) is 7.45. The molecular weight excluding hydrogens is 278 g/mol. The first kappa shape index (κ1) is 13.2. The molecule has 2 heterocycles. The van der Waals surface area contributed by atoms with Crippen LogP contribution in [0.25, 0.3) is 5.57 Å². The summed E-state index contributed by atoms with van der Waals surface area (Å²) in [5.41, 5.74) is 5.30. The SMILES string of the molecule is COC(=O)C1CC2=C(Cc3ccccc32)CN1c1ccco1. The summed E-state index contributed by atoms with van der Waals surface area (Å²) in [5, 5.41) is 0. The number of fused-ring (bicyclic) bond motifs is 2. The Morgan fingerprint density at radius 2 is 2.14 bits per heavy atom. The molecule has 1 atom stereocenters. The number of benzene rings is 1. The fourth-order valence-electron chi connectivity index (χ4n) is 3.53. The second-order valence-corrected chi connectivity index (χ2v) is 5.74. The first-order valence-electron chi connectivity index (χ1n) is 7.45. The highest BCUT2D eigenvalue weighted by Crippen LogP contribution is 2.41. The maximum absolute atomic E-state index is 12.2. The van der Waals surface area contributed by atoms with E-state index in [2.05, 4.69) is 24.3 Å². The van der Waals surface area contributed by atoms with Gasteiger partial charge >= 0.3 is 5.97 Å². The van der Waals surface area contributed by atoms with Crippen LogP contribution in [0.4, 0.5) is 5.88 Å². The largest absolute Gasteiger partial charge is 0.467 e. The van der Waals surface area contributed by atoms with Crippen LogP contribution in [0.1, 0.15) is 17.5 Å². The molecule has 0 amide bonds. The highest BCUT2D eigenvalue weighted by Gasteiger charge is 2.38. The van der Waals surface area contributed by atoms with Crippen molar-refractivity contribution in [3.05, 3.63) is 59.4 Å². The van der Waals surface area contributed by atoms with Crippen molar-refractivity contribution in [1.29, 1.82) is 0 Å². The van der Waals surface area contributed by atoms with Crippen LogP contribution in [0.15, 0.2) is 52.7 Å². The van der Waals surface area contributed by atoms with Gasteiger partial charge in [-0.25, -0.2) is 4.79 Å². The lowest BCUT2D eigenvalue weighted by molar-refractivity contribution is -0.142. The highest BCUT2D eigenvalue weighted by molar-refractivity contribution is 5.88. The monoisotopic (exact) mass is 295 g/mol. The summed E-state index contributed by atoms with van der Waals surface area (Å²) >= 11 is 0. The Hall–Kier alpha value is -2.49. The molecule has 0 spiro atoms. The van der Waals surface area contributed by atoms with Gasteiger partial charge in [-0.1, -0.05) is 24.3 Å². The Morgan fingerprint density at radius 1 is 1.27 bits per heavy atom. The van der Waals surface area contributed by atoms with Crippen LogP contribution in [0, 0.1) is 0 Å². The molecule has 0 saturated carbocycles. The number of ether oxygens (including phenoxy) is 1. The number of carbonyl (C=O) groups is 1. The molecule has 0 saturated heterocycles. The summed E-state index contributed by atoms with van der Waals surface area (Å²) in [6.45, 7) is 0.706. The summed E-state index contributed by atoms with van der Waals surface area (Å²) in [7, 11) is 1.44. The molecule has 0 N–H and O–H groups in total. The van der Waals surface area contributed by atoms with Gasteiger partial charge in [0.15, 0.2) is 5.88 Å². The molecule has 0 radical (unpaired) electrons. The molecule has 1 aromatic carbocycles. The van der Waals surface area contributed by atoms with Crippen molar-refractivity contribution in [3.8, 4) is 0 Å². The van der Waals surface area contributed by atoms with Gasteiger partial charge in [-0.3, -0.25) is 0 Å². The molecule has 1 aliphatic carbocycles. The molecule has 22 heavy (non-hydrogen) atoms. The van der Waals surface area contributed by atoms with Crippen LogP contribution in [-0.4, -0.2) is 25.7 Å². The molecule has 2 aromatic rings. The van der Waals surface area contributed by atoms with E-state index in [9.17, 15) is 4.79 Å². The van der Waals surface area contributed by atoms with Crippen molar-refractivity contribution < 1.29 is 13.9 Å². The summed E-state index contributed by atoms with van der Waals surface area (Å²) in [5.74, 6) is 0.505. The van der Waals surface area contributed by atoms with Crippen LogP contribution in [-0.2, 0) is 16.0 Å². The van der Waals surface area contributed by atoms with Crippen LogP contribution in [0.5, 0.6) is 0 Å². The lowest BCUT2D eigenvalue weighted by Crippen LogP contribution is -2.45. The minimum atomic E-state index is -0.332. The van der Waals surface area contributed by atoms with Gasteiger partial charge in [-0.05, 0) is 34.8 Å². The van der Waals surface area contributed by atoms with Gasteiger partial charge in [0, 0.05) is 19.0 Å². The molecule has 1 aromatic heterocycles. The summed E-state index contributed by atoms with van der Waals surface area (Å²) < 4.78 is 10.5. The third kappa shape index (κ3) is 1.95. The minimum absolute atomic E-state index is 0.215. The number of anilines is 1. The highest BCUT2D eigenvalue weighted by atomic mass is 16.5. The van der Waals surface area contributed by atoms with E-state index in [4.69, 9.17) is 9.15 Å². The second kappa shape index (κ2) is 5.05. The Kier molecular flexibility index (Phi) is 3.03. The van der Waals surface area contributed by atoms with Crippen molar-refractivity contribution >= 4 is 17.4 Å². The molecule has 4 rings (SSSR count). The molecule has 2 aliphatic rings. The van der Waals surface area contributed by atoms with E-state index in [1.54, 1.807) is 6.26 Å². The van der Waals surface area contributed by atoms with E-state index in [-0.39, 0.29) is 12.0 Å². The number of carbonyl (C=O) groups excluding carboxylic acids is 1. The molecule has 4 nitrogen and oxygen atoms in total. The maximum atomic E-state index is 12.2. The van der Waals surface area contributed by atoms with Crippen LogP contribution >= 0.6 is 0 Å². The zero-order valence-corrected chi connectivity index (χ0v) is 12.4. The standard InChI is InChI=1S/C18H17NO3/c1-21-18(20)16-10-15-13(9-12-5-2-3-6-14(12)15)11-19(16)17-7-4-8-22-17/h2-8,16H,9-11H2,1H3. The average Bonchev–Trinajstić information content (AvgIpc) is 3.20. The Bertz CT molecular complexity index is 745. The van der Waals surface area contributed by atoms with Gasteiger partial charge in [-0.2, -0.15) is 0 Å². The van der Waals surface area contributed by atoms with E-state index >= 15 is 0 Å². The van der Waals surface area contributed by atoms with Gasteiger partial charge in [0.2, 0.25) is 0 Å². The molecular formula is C18H17NO3. The number of hydrogen-bond donors (Lipinski definition) is 0. The number of methoxy groups -OCH3 is 1. The van der Waals surface area contributed by atoms with Gasteiger partial charge < -0.3 is 14.1 Å². The Balaban J connectivity index is 1.74. The third-order valence-electron chi connectivity index (χ3n) is 4.57. The van der Waals surface area contributed by atoms with E-state index in [0.717, 1.165) is 12.3 Å². The predicted molar refractivity (Wildman–Crippen MR) is 83.5 cm³/mol. The van der Waals surface area contributed by atoms with Gasteiger partial charge in [0.05, 0.1) is 13.4 Å². The fourth-order valence-corrected chi connectivity index (χ4v) is 3.53. The van der Waals surface area contributed by atoms with Gasteiger partial charge in [-0.15, -0.1) is 0 Å². The van der Waals surface area contributed by atoms with Crippen LogP contribution < -0.4 is 4.90 Å². The lowest BCUT2D eigenvalue weighted by Gasteiger charge is -2.34. The van der Waals surface area contributed by atoms with E-state index < -0.39 is 0 Å². The average molecular weight is 295 g/mol. The van der Waals surface area contributed by atoms with Crippen molar-refractivity contribution in [3.63, 3.8) is 0 Å². The number of nitrogens with zero attached hydrogens (tertiary/aromatic N) is 1. The number of rotatable bonds is 2. The number of hydrogen-bond acceptors (Lipinski definition) is 4. The third-order valence-corrected chi connectivity index (χ3v) is 4.57. The van der Waals surface area contributed by atoms with Crippen LogP contribution in [0.2, 0.25) is 0 Å². The second-order valence-electron chi connectivity index (χ2n) is 5.74. The van der Waals surface area contributed by atoms with E-state index in [0.29, 0.717) is 13.0 Å².